The minimum absolute atomic E-state index is 0.0592. The van der Waals surface area contributed by atoms with Gasteiger partial charge < -0.3 is 9.64 Å². The zero-order chi connectivity index (χ0) is 13.7. The molecule has 0 saturated heterocycles. The van der Waals surface area contributed by atoms with Crippen LogP contribution >= 0.6 is 15.9 Å². The first-order valence-electron chi connectivity index (χ1n) is 5.55. The van der Waals surface area contributed by atoms with Crippen molar-refractivity contribution in [3.05, 3.63) is 22.2 Å². The number of nitriles is 1. The SMILES string of the molecule is CC(C)Oc1ccc(/N=C/N(C)C)c(C#N)c1Br. The Balaban J connectivity index is 3.17. The summed E-state index contributed by atoms with van der Waals surface area (Å²) in [5, 5.41) is 9.20. The van der Waals surface area contributed by atoms with Gasteiger partial charge in [-0.25, -0.2) is 4.99 Å². The van der Waals surface area contributed by atoms with E-state index in [0.717, 1.165) is 0 Å². The van der Waals surface area contributed by atoms with Gasteiger partial charge in [0.15, 0.2) is 0 Å². The second-order valence-corrected chi connectivity index (χ2v) is 5.05. The maximum atomic E-state index is 9.20. The standard InChI is InChI=1S/C13H16BrN3O/c1-9(2)18-12-6-5-11(16-8-17(3)4)10(7-15)13(12)14/h5-6,8-9H,1-4H3/b16-8+. The highest BCUT2D eigenvalue weighted by Gasteiger charge is 2.12. The van der Waals surface area contributed by atoms with E-state index in [9.17, 15) is 5.26 Å². The molecule has 0 aromatic heterocycles. The quantitative estimate of drug-likeness (QED) is 0.633. The van der Waals surface area contributed by atoms with E-state index in [1.807, 2.05) is 38.9 Å². The molecule has 0 heterocycles. The van der Waals surface area contributed by atoms with Crippen LogP contribution < -0.4 is 4.74 Å². The molecular formula is C13H16BrN3O. The summed E-state index contributed by atoms with van der Waals surface area (Å²) in [6, 6.07) is 5.73. The molecule has 0 atom stereocenters. The Hall–Kier alpha value is -1.54. The summed E-state index contributed by atoms with van der Waals surface area (Å²) < 4.78 is 6.25. The molecule has 0 radical (unpaired) electrons. The van der Waals surface area contributed by atoms with Crippen molar-refractivity contribution in [1.29, 1.82) is 5.26 Å². The Kier molecular flexibility index (Phi) is 5.17. The molecule has 0 N–H and O–H groups in total. The molecule has 0 bridgehead atoms. The van der Waals surface area contributed by atoms with Crippen LogP contribution in [0.4, 0.5) is 5.69 Å². The van der Waals surface area contributed by atoms with Crippen molar-refractivity contribution in [2.45, 2.75) is 20.0 Å². The average molecular weight is 310 g/mol. The maximum absolute atomic E-state index is 9.20. The van der Waals surface area contributed by atoms with Crippen molar-refractivity contribution in [1.82, 2.24) is 4.90 Å². The van der Waals surface area contributed by atoms with Gasteiger partial charge in [-0.15, -0.1) is 0 Å². The second-order valence-electron chi connectivity index (χ2n) is 4.26. The molecule has 0 spiro atoms. The first-order valence-corrected chi connectivity index (χ1v) is 6.35. The van der Waals surface area contributed by atoms with Crippen LogP contribution in [0.15, 0.2) is 21.6 Å². The van der Waals surface area contributed by atoms with Gasteiger partial charge in [-0.05, 0) is 41.9 Å². The number of rotatable bonds is 4. The molecule has 5 heteroatoms. The Morgan fingerprint density at radius 3 is 2.61 bits per heavy atom. The van der Waals surface area contributed by atoms with E-state index in [0.29, 0.717) is 21.5 Å². The third-order valence-electron chi connectivity index (χ3n) is 1.99. The van der Waals surface area contributed by atoms with Crippen LogP contribution in [0, 0.1) is 11.3 Å². The molecular weight excluding hydrogens is 294 g/mol. The first-order chi connectivity index (χ1) is 8.45. The molecule has 1 rings (SSSR count). The van der Waals surface area contributed by atoms with Gasteiger partial charge in [0.25, 0.3) is 0 Å². The molecule has 1 aromatic carbocycles. The average Bonchev–Trinajstić information content (AvgIpc) is 2.29. The molecule has 0 unspecified atom stereocenters. The molecule has 0 saturated carbocycles. The van der Waals surface area contributed by atoms with E-state index in [4.69, 9.17) is 4.74 Å². The number of ether oxygens (including phenoxy) is 1. The summed E-state index contributed by atoms with van der Waals surface area (Å²) in [5.74, 6) is 0.658. The Bertz CT molecular complexity index is 490. The lowest BCUT2D eigenvalue weighted by atomic mass is 10.2. The van der Waals surface area contributed by atoms with Gasteiger partial charge >= 0.3 is 0 Å². The fraction of sp³-hybridized carbons (Fsp3) is 0.385. The number of halogens is 1. The van der Waals surface area contributed by atoms with Crippen LogP contribution in [0.1, 0.15) is 19.4 Å². The van der Waals surface area contributed by atoms with Crippen molar-refractivity contribution in [2.24, 2.45) is 4.99 Å². The van der Waals surface area contributed by atoms with Crippen LogP contribution in [-0.2, 0) is 0 Å². The normalized spacial score (nSPS) is 10.7. The van der Waals surface area contributed by atoms with E-state index in [1.165, 1.54) is 0 Å². The largest absolute Gasteiger partial charge is 0.490 e. The second kappa shape index (κ2) is 6.41. The van der Waals surface area contributed by atoms with Gasteiger partial charge in [-0.2, -0.15) is 5.26 Å². The third kappa shape index (κ3) is 3.74. The van der Waals surface area contributed by atoms with E-state index in [1.54, 1.807) is 12.4 Å². The number of benzene rings is 1. The van der Waals surface area contributed by atoms with Gasteiger partial charge in [0.1, 0.15) is 11.8 Å². The molecule has 0 aliphatic carbocycles. The minimum Gasteiger partial charge on any atom is -0.490 e. The van der Waals surface area contributed by atoms with Crippen molar-refractivity contribution in [3.63, 3.8) is 0 Å². The molecule has 0 amide bonds. The Morgan fingerprint density at radius 1 is 1.44 bits per heavy atom. The van der Waals surface area contributed by atoms with E-state index < -0.39 is 0 Å². The topological polar surface area (TPSA) is 48.6 Å². The van der Waals surface area contributed by atoms with Gasteiger partial charge in [0, 0.05) is 14.1 Å². The smallest absolute Gasteiger partial charge is 0.135 e. The fourth-order valence-corrected chi connectivity index (χ4v) is 1.80. The van der Waals surface area contributed by atoms with Gasteiger partial charge in [-0.1, -0.05) is 0 Å². The highest BCUT2D eigenvalue weighted by atomic mass is 79.9. The molecule has 96 valence electrons. The van der Waals surface area contributed by atoms with Crippen molar-refractivity contribution in [3.8, 4) is 11.8 Å². The molecule has 1 aromatic rings. The van der Waals surface area contributed by atoms with Crippen molar-refractivity contribution < 1.29 is 4.74 Å². The molecule has 0 fully saturated rings. The minimum atomic E-state index is 0.0592. The lowest BCUT2D eigenvalue weighted by molar-refractivity contribution is 0.241. The van der Waals surface area contributed by atoms with E-state index in [-0.39, 0.29) is 6.10 Å². The Morgan fingerprint density at radius 2 is 2.11 bits per heavy atom. The highest BCUT2D eigenvalue weighted by molar-refractivity contribution is 9.10. The molecule has 0 aliphatic heterocycles. The third-order valence-corrected chi connectivity index (χ3v) is 2.77. The summed E-state index contributed by atoms with van der Waals surface area (Å²) in [6.45, 7) is 3.88. The number of aliphatic imine (C=N–C) groups is 1. The van der Waals surface area contributed by atoms with Crippen LogP contribution in [-0.4, -0.2) is 31.4 Å². The molecule has 4 nitrogen and oxygen atoms in total. The summed E-state index contributed by atoms with van der Waals surface area (Å²) >= 11 is 3.39. The summed E-state index contributed by atoms with van der Waals surface area (Å²) in [4.78, 5) is 6.06. The van der Waals surface area contributed by atoms with Gasteiger partial charge in [0.05, 0.1) is 28.2 Å². The maximum Gasteiger partial charge on any atom is 0.135 e. The van der Waals surface area contributed by atoms with Crippen LogP contribution in [0.3, 0.4) is 0 Å². The lowest BCUT2D eigenvalue weighted by Gasteiger charge is -2.13. The van der Waals surface area contributed by atoms with Crippen molar-refractivity contribution >= 4 is 28.0 Å². The Labute approximate surface area is 116 Å². The predicted octanol–water partition coefficient (Wildman–Crippen LogP) is 3.33. The number of hydrogen-bond donors (Lipinski definition) is 0. The van der Waals surface area contributed by atoms with Crippen LogP contribution in [0.25, 0.3) is 0 Å². The highest BCUT2D eigenvalue weighted by Crippen LogP contribution is 2.35. The van der Waals surface area contributed by atoms with Crippen molar-refractivity contribution in [2.75, 3.05) is 14.1 Å². The zero-order valence-corrected chi connectivity index (χ0v) is 12.5. The van der Waals surface area contributed by atoms with Crippen LogP contribution in [0.2, 0.25) is 0 Å². The summed E-state index contributed by atoms with van der Waals surface area (Å²) in [6.07, 6.45) is 1.72. The van der Waals surface area contributed by atoms with E-state index >= 15 is 0 Å². The molecule has 0 aliphatic rings. The summed E-state index contributed by atoms with van der Waals surface area (Å²) in [5.41, 5.74) is 1.10. The van der Waals surface area contributed by atoms with Gasteiger partial charge in [0.2, 0.25) is 0 Å². The lowest BCUT2D eigenvalue weighted by Crippen LogP contribution is -2.07. The first kappa shape index (κ1) is 14.5. The summed E-state index contributed by atoms with van der Waals surface area (Å²) in [7, 11) is 3.75. The fourth-order valence-electron chi connectivity index (χ4n) is 1.28. The predicted molar refractivity (Wildman–Crippen MR) is 76.5 cm³/mol. The van der Waals surface area contributed by atoms with Gasteiger partial charge in [-0.3, -0.25) is 0 Å². The molecule has 18 heavy (non-hydrogen) atoms. The number of nitrogens with zero attached hydrogens (tertiary/aromatic N) is 3. The van der Waals surface area contributed by atoms with E-state index in [2.05, 4.69) is 27.0 Å². The zero-order valence-electron chi connectivity index (χ0n) is 10.9. The number of hydrogen-bond acceptors (Lipinski definition) is 3. The van der Waals surface area contributed by atoms with Crippen LogP contribution in [0.5, 0.6) is 5.75 Å². The monoisotopic (exact) mass is 309 g/mol.